The SMILES string of the molecule is CC(C)[C@@H](CNCCCO[Si](C)(C)C(C)(C)C)Nc1ccn2ncc(-c3ccc(-c4nccn4COCC[Si](C)(C)C)cc3)c2n1. The predicted molar refractivity (Wildman–Crippen MR) is 197 cm³/mol. The Morgan fingerprint density at radius 2 is 1.65 bits per heavy atom. The number of rotatable bonds is 17. The molecule has 0 aliphatic heterocycles. The van der Waals surface area contributed by atoms with Gasteiger partial charge in [0.05, 0.1) is 6.20 Å². The maximum Gasteiger partial charge on any atom is 0.191 e. The lowest BCUT2D eigenvalue weighted by Crippen LogP contribution is -2.41. The van der Waals surface area contributed by atoms with E-state index >= 15 is 0 Å². The van der Waals surface area contributed by atoms with Gasteiger partial charge in [-0.1, -0.05) is 78.5 Å². The van der Waals surface area contributed by atoms with Crippen molar-refractivity contribution in [2.24, 2.45) is 5.92 Å². The summed E-state index contributed by atoms with van der Waals surface area (Å²) in [5, 5.41) is 12.1. The molecule has 0 fully saturated rings. The Morgan fingerprint density at radius 3 is 2.33 bits per heavy atom. The molecule has 1 atom stereocenters. The van der Waals surface area contributed by atoms with E-state index in [-0.39, 0.29) is 11.1 Å². The van der Waals surface area contributed by atoms with E-state index in [0.717, 1.165) is 72.7 Å². The molecule has 9 nitrogen and oxygen atoms in total. The zero-order valence-corrected chi connectivity index (χ0v) is 31.9. The molecule has 0 saturated heterocycles. The van der Waals surface area contributed by atoms with Crippen LogP contribution in [0.4, 0.5) is 5.82 Å². The van der Waals surface area contributed by atoms with Gasteiger partial charge in [-0.25, -0.2) is 14.5 Å². The van der Waals surface area contributed by atoms with Gasteiger partial charge in [0.2, 0.25) is 0 Å². The zero-order valence-electron chi connectivity index (χ0n) is 29.9. The summed E-state index contributed by atoms with van der Waals surface area (Å²) in [6.07, 6.45) is 8.69. The molecular formula is C35H57N7O2Si2. The summed E-state index contributed by atoms with van der Waals surface area (Å²) in [6, 6.07) is 11.9. The lowest BCUT2D eigenvalue weighted by Gasteiger charge is -2.36. The summed E-state index contributed by atoms with van der Waals surface area (Å²) in [6.45, 7) is 27.0. The van der Waals surface area contributed by atoms with Crippen LogP contribution in [-0.2, 0) is 15.9 Å². The van der Waals surface area contributed by atoms with E-state index in [9.17, 15) is 0 Å². The molecule has 0 amide bonds. The van der Waals surface area contributed by atoms with E-state index in [0.29, 0.717) is 12.6 Å². The van der Waals surface area contributed by atoms with Gasteiger partial charge in [0.15, 0.2) is 14.0 Å². The molecule has 3 heterocycles. The average Bonchev–Trinajstić information content (AvgIpc) is 3.62. The van der Waals surface area contributed by atoms with Crippen molar-refractivity contribution in [3.05, 3.63) is 55.1 Å². The summed E-state index contributed by atoms with van der Waals surface area (Å²) in [4.78, 5) is 9.61. The van der Waals surface area contributed by atoms with Gasteiger partial charge in [0.25, 0.3) is 0 Å². The number of aromatic nitrogens is 5. The third-order valence-electron chi connectivity index (χ3n) is 9.03. The smallest absolute Gasteiger partial charge is 0.191 e. The number of hydrogen-bond donors (Lipinski definition) is 2. The zero-order chi connectivity index (χ0) is 33.5. The summed E-state index contributed by atoms with van der Waals surface area (Å²) >= 11 is 0. The molecule has 0 saturated carbocycles. The van der Waals surface area contributed by atoms with Gasteiger partial charge >= 0.3 is 0 Å². The number of ether oxygens (including phenoxy) is 1. The van der Waals surface area contributed by atoms with Crippen LogP contribution in [0.15, 0.2) is 55.1 Å². The van der Waals surface area contributed by atoms with Crippen molar-refractivity contribution in [2.75, 3.05) is 31.6 Å². The number of anilines is 1. The van der Waals surface area contributed by atoms with E-state index in [2.05, 4.69) is 117 Å². The fraction of sp³-hybridized carbons (Fsp3) is 0.571. The molecule has 11 heteroatoms. The van der Waals surface area contributed by atoms with Gasteiger partial charge in [0, 0.05) is 63.6 Å². The lowest BCUT2D eigenvalue weighted by atomic mass is 10.0. The first-order valence-electron chi connectivity index (χ1n) is 16.8. The number of hydrogen-bond acceptors (Lipinski definition) is 7. The fourth-order valence-electron chi connectivity index (χ4n) is 4.81. The molecule has 0 unspecified atom stereocenters. The molecule has 46 heavy (non-hydrogen) atoms. The van der Waals surface area contributed by atoms with E-state index in [1.807, 2.05) is 35.4 Å². The van der Waals surface area contributed by atoms with Gasteiger partial charge in [-0.3, -0.25) is 0 Å². The third kappa shape index (κ3) is 9.84. The highest BCUT2D eigenvalue weighted by molar-refractivity contribution is 6.76. The summed E-state index contributed by atoms with van der Waals surface area (Å²) in [5.41, 5.74) is 3.94. The van der Waals surface area contributed by atoms with Crippen LogP contribution >= 0.6 is 0 Å². The molecule has 0 aliphatic carbocycles. The number of imidazole rings is 1. The largest absolute Gasteiger partial charge is 0.417 e. The van der Waals surface area contributed by atoms with Crippen LogP contribution < -0.4 is 10.6 Å². The van der Waals surface area contributed by atoms with Crippen molar-refractivity contribution >= 4 is 27.9 Å². The van der Waals surface area contributed by atoms with E-state index in [1.54, 1.807) is 0 Å². The number of benzene rings is 1. The Kier molecular flexibility index (Phi) is 12.0. The second-order valence-electron chi connectivity index (χ2n) is 15.4. The molecule has 0 aliphatic rings. The van der Waals surface area contributed by atoms with Crippen LogP contribution in [0.25, 0.3) is 28.2 Å². The van der Waals surface area contributed by atoms with E-state index in [4.69, 9.17) is 14.1 Å². The topological polar surface area (TPSA) is 90.5 Å². The quantitative estimate of drug-likeness (QED) is 0.0874. The van der Waals surface area contributed by atoms with Crippen molar-refractivity contribution in [3.8, 4) is 22.5 Å². The summed E-state index contributed by atoms with van der Waals surface area (Å²) in [5.74, 6) is 2.19. The molecular weight excluding hydrogens is 607 g/mol. The van der Waals surface area contributed by atoms with Crippen molar-refractivity contribution in [2.45, 2.75) is 97.6 Å². The van der Waals surface area contributed by atoms with Crippen LogP contribution in [0.5, 0.6) is 0 Å². The van der Waals surface area contributed by atoms with Gasteiger partial charge in [-0.05, 0) is 54.7 Å². The average molecular weight is 664 g/mol. The maximum absolute atomic E-state index is 6.34. The molecule has 0 spiro atoms. The van der Waals surface area contributed by atoms with Gasteiger partial charge < -0.3 is 24.4 Å². The Labute approximate surface area is 278 Å². The van der Waals surface area contributed by atoms with Gasteiger partial charge in [0.1, 0.15) is 18.4 Å². The maximum atomic E-state index is 6.34. The standard InChI is InChI=1S/C35H57N7O2Si2/c1-27(2)31(25-36-17-11-21-44-46(9,10)35(3,4)5)39-32-16-19-42-34(40-32)30(24-38-42)28-12-14-29(15-13-28)33-37-18-20-41(33)26-43-22-23-45(6,7)8/h12-16,18-20,24,27,31,36H,11,17,21-23,25-26H2,1-10H3,(H,39,40)/t31-/m1/s1. The first-order valence-corrected chi connectivity index (χ1v) is 23.4. The molecule has 252 valence electrons. The Morgan fingerprint density at radius 1 is 0.935 bits per heavy atom. The normalized spacial score (nSPS) is 13.5. The van der Waals surface area contributed by atoms with Crippen molar-refractivity contribution in [1.29, 1.82) is 0 Å². The van der Waals surface area contributed by atoms with Gasteiger partial charge in [-0.15, -0.1) is 0 Å². The van der Waals surface area contributed by atoms with Crippen LogP contribution in [-0.4, -0.2) is 72.9 Å². The minimum atomic E-state index is -1.69. The predicted octanol–water partition coefficient (Wildman–Crippen LogP) is 8.01. The summed E-state index contributed by atoms with van der Waals surface area (Å²) in [7, 11) is -2.81. The van der Waals surface area contributed by atoms with E-state index in [1.165, 1.54) is 0 Å². The lowest BCUT2D eigenvalue weighted by molar-refractivity contribution is 0.0883. The molecule has 4 rings (SSSR count). The third-order valence-corrected chi connectivity index (χ3v) is 15.3. The molecule has 3 aromatic heterocycles. The molecule has 2 N–H and O–H groups in total. The highest BCUT2D eigenvalue weighted by Crippen LogP contribution is 2.36. The van der Waals surface area contributed by atoms with Crippen molar-refractivity contribution < 1.29 is 9.16 Å². The summed E-state index contributed by atoms with van der Waals surface area (Å²) < 4.78 is 16.2. The first kappa shape index (κ1) is 36.0. The number of nitrogens with zero attached hydrogens (tertiary/aromatic N) is 5. The van der Waals surface area contributed by atoms with Crippen LogP contribution in [0.2, 0.25) is 43.8 Å². The second-order valence-corrected chi connectivity index (χ2v) is 25.9. The monoisotopic (exact) mass is 663 g/mol. The Bertz CT molecular complexity index is 1520. The molecule has 0 bridgehead atoms. The molecule has 4 aromatic rings. The van der Waals surface area contributed by atoms with Gasteiger partial charge in [-0.2, -0.15) is 5.10 Å². The second kappa shape index (κ2) is 15.4. The fourth-order valence-corrected chi connectivity index (χ4v) is 6.65. The van der Waals surface area contributed by atoms with Crippen LogP contribution in [0.3, 0.4) is 0 Å². The first-order chi connectivity index (χ1) is 21.6. The van der Waals surface area contributed by atoms with Crippen LogP contribution in [0.1, 0.15) is 41.0 Å². The van der Waals surface area contributed by atoms with E-state index < -0.39 is 16.4 Å². The highest BCUT2D eigenvalue weighted by atomic mass is 28.4. The number of fused-ring (bicyclic) bond motifs is 1. The minimum absolute atomic E-state index is 0.241. The number of nitrogens with one attached hydrogen (secondary N) is 2. The van der Waals surface area contributed by atoms with Crippen LogP contribution in [0, 0.1) is 5.92 Å². The highest BCUT2D eigenvalue weighted by Gasteiger charge is 2.36. The van der Waals surface area contributed by atoms with Crippen molar-refractivity contribution in [3.63, 3.8) is 0 Å². The Hall–Kier alpha value is -2.84. The molecule has 0 radical (unpaired) electrons. The molecule has 1 aromatic carbocycles. The van der Waals surface area contributed by atoms with Crippen molar-refractivity contribution in [1.82, 2.24) is 29.5 Å². The Balaban J connectivity index is 1.36. The minimum Gasteiger partial charge on any atom is -0.417 e.